The highest BCUT2D eigenvalue weighted by molar-refractivity contribution is 6.90. The van der Waals surface area contributed by atoms with E-state index in [0.29, 0.717) is 0 Å². The van der Waals surface area contributed by atoms with Gasteiger partial charge in [0.25, 0.3) is 0 Å². The Bertz CT molecular complexity index is 3780. The molecule has 5 heterocycles. The van der Waals surface area contributed by atoms with Crippen molar-refractivity contribution in [2.45, 2.75) is 45.4 Å². The predicted molar refractivity (Wildman–Crippen MR) is 259 cm³/mol. The van der Waals surface area contributed by atoms with Crippen LogP contribution >= 0.6 is 0 Å². The Morgan fingerprint density at radius 2 is 1.23 bits per heavy atom. The molecule has 0 N–H and O–H groups in total. The molecule has 14 rings (SSSR count). The summed E-state index contributed by atoms with van der Waals surface area (Å²) in [6.45, 7) is 11.6. The quantitative estimate of drug-likeness (QED) is 0.163. The van der Waals surface area contributed by atoms with Gasteiger partial charge in [-0.2, -0.15) is 0 Å². The summed E-state index contributed by atoms with van der Waals surface area (Å²) >= 11 is 0. The maximum Gasteiger partial charge on any atom is 0.336 e. The van der Waals surface area contributed by atoms with Crippen molar-refractivity contribution in [3.05, 3.63) is 174 Å². The largest absolute Gasteiger partial charge is 0.456 e. The van der Waals surface area contributed by atoms with E-state index in [0.717, 1.165) is 50.0 Å². The second-order valence-electron chi connectivity index (χ2n) is 19.2. The van der Waals surface area contributed by atoms with E-state index >= 15 is 0 Å². The van der Waals surface area contributed by atoms with Crippen molar-refractivity contribution in [3.8, 4) is 33.4 Å². The summed E-state index contributed by atoms with van der Waals surface area (Å²) in [6.07, 6.45) is 0. The first-order chi connectivity index (χ1) is 30.2. The molecule has 3 aromatic heterocycles. The average molecular weight is 797 g/mol. The highest BCUT2D eigenvalue weighted by Crippen LogP contribution is 2.58. The van der Waals surface area contributed by atoms with E-state index in [4.69, 9.17) is 8.83 Å². The fourth-order valence-corrected chi connectivity index (χ4v) is 11.7. The van der Waals surface area contributed by atoms with Gasteiger partial charge in [0, 0.05) is 43.9 Å². The summed E-state index contributed by atoms with van der Waals surface area (Å²) in [5, 5.41) is 5.77. The lowest BCUT2D eigenvalue weighted by molar-refractivity contribution is 0.590. The summed E-state index contributed by atoms with van der Waals surface area (Å²) in [5.41, 5.74) is 22.1. The Morgan fingerprint density at radius 3 is 2.03 bits per heavy atom. The number of aromatic nitrogens is 1. The number of fused-ring (bicyclic) bond motifs is 17. The number of furan rings is 2. The molecule has 4 nitrogen and oxygen atoms in total. The molecule has 0 spiro atoms. The van der Waals surface area contributed by atoms with E-state index in [1.807, 2.05) is 0 Å². The van der Waals surface area contributed by atoms with Crippen molar-refractivity contribution in [3.63, 3.8) is 0 Å². The minimum atomic E-state index is -0.247. The van der Waals surface area contributed by atoms with E-state index in [2.05, 4.69) is 202 Å². The molecule has 0 radical (unpaired) electrons. The van der Waals surface area contributed by atoms with Gasteiger partial charge in [0.05, 0.1) is 22.1 Å². The third kappa shape index (κ3) is 4.19. The van der Waals surface area contributed by atoms with Crippen LogP contribution in [0.4, 0.5) is 17.1 Å². The Labute approximate surface area is 359 Å². The van der Waals surface area contributed by atoms with Gasteiger partial charge in [0.15, 0.2) is 5.71 Å². The van der Waals surface area contributed by atoms with Crippen LogP contribution in [0.2, 0.25) is 0 Å². The van der Waals surface area contributed by atoms with Crippen molar-refractivity contribution in [2.24, 2.45) is 0 Å². The second-order valence-corrected chi connectivity index (χ2v) is 19.2. The monoisotopic (exact) mass is 796 g/mol. The molecule has 0 atom stereocenters. The lowest BCUT2D eigenvalue weighted by atomic mass is 9.44. The van der Waals surface area contributed by atoms with E-state index in [-0.39, 0.29) is 17.7 Å². The third-order valence-electron chi connectivity index (χ3n) is 14.5. The zero-order valence-electron chi connectivity index (χ0n) is 35.3. The molecular weight excluding hydrogens is 755 g/mol. The number of para-hydroxylation sites is 3. The van der Waals surface area contributed by atoms with Gasteiger partial charge in [-0.25, -0.2) is 0 Å². The molecule has 62 heavy (non-hydrogen) atoms. The number of rotatable bonds is 2. The molecule has 0 saturated carbocycles. The fraction of sp³-hybridized carbons (Fsp3) is 0.123. The molecule has 3 aliphatic rings. The molecule has 0 saturated heterocycles. The fourth-order valence-electron chi connectivity index (χ4n) is 11.7. The van der Waals surface area contributed by atoms with Gasteiger partial charge >= 0.3 is 6.85 Å². The Kier molecular flexibility index (Phi) is 6.43. The van der Waals surface area contributed by atoms with Crippen LogP contribution in [0.15, 0.2) is 167 Å². The lowest BCUT2D eigenvalue weighted by Crippen LogP contribution is -2.57. The van der Waals surface area contributed by atoms with Crippen LogP contribution in [-0.4, -0.2) is 11.3 Å². The SMILES string of the molecule is CC(C)(C)c1ccc(N2c3cc4c(c5c3B(c3ccc6oc7ccccc7c6c32)n2c3oc6ccccc6c3c3cccc-5c32)-c2ccccc2C4(C)C)c(-c2ccccc2)c1. The number of anilines is 3. The molecule has 0 unspecified atom stereocenters. The van der Waals surface area contributed by atoms with Gasteiger partial charge in [-0.15, -0.1) is 0 Å². The predicted octanol–water partition coefficient (Wildman–Crippen LogP) is 14.1. The number of nitrogens with zero attached hydrogens (tertiary/aromatic N) is 2. The molecule has 8 aromatic carbocycles. The first-order valence-electron chi connectivity index (χ1n) is 21.9. The number of hydrogen-bond acceptors (Lipinski definition) is 3. The summed E-state index contributed by atoms with van der Waals surface area (Å²) in [5.74, 6) is 0. The van der Waals surface area contributed by atoms with E-state index in [1.165, 1.54) is 83.0 Å². The maximum absolute atomic E-state index is 7.06. The smallest absolute Gasteiger partial charge is 0.336 e. The minimum absolute atomic E-state index is 0.0506. The maximum atomic E-state index is 7.06. The Morgan fingerprint density at radius 1 is 0.532 bits per heavy atom. The molecule has 5 heteroatoms. The molecule has 11 aromatic rings. The van der Waals surface area contributed by atoms with Crippen LogP contribution in [0.1, 0.15) is 51.3 Å². The first kappa shape index (κ1) is 34.5. The molecule has 2 aliphatic heterocycles. The average Bonchev–Trinajstić information content (AvgIpc) is 4.01. The summed E-state index contributed by atoms with van der Waals surface area (Å²) in [4.78, 5) is 2.62. The molecule has 0 amide bonds. The van der Waals surface area contributed by atoms with Gasteiger partial charge in [0.2, 0.25) is 0 Å². The highest BCUT2D eigenvalue weighted by Gasteiger charge is 2.49. The topological polar surface area (TPSA) is 34.5 Å². The standard InChI is InChI=1S/C57H41BN2O2/c1-56(2,3)33-26-28-43(39(30-33)32-16-7-6-8-17-32)59-44-31-41-49(34-18-9-12-23-40(34)57(41,4)5)51-38-22-15-21-37-48-35-19-10-14-25-46(35)62-55(48)60(53(37)38)58(52(44)51)42-27-29-47-50(54(42)59)36-20-11-13-24-45(36)61-47/h6-31H,1-5H3. The summed E-state index contributed by atoms with van der Waals surface area (Å²) in [7, 11) is 0. The van der Waals surface area contributed by atoms with Crippen LogP contribution < -0.4 is 15.8 Å². The zero-order chi connectivity index (χ0) is 41.4. The lowest BCUT2D eigenvalue weighted by Gasteiger charge is -2.42. The van der Waals surface area contributed by atoms with Gasteiger partial charge in [-0.05, 0) is 91.7 Å². The van der Waals surface area contributed by atoms with E-state index < -0.39 is 0 Å². The number of hydrogen-bond donors (Lipinski definition) is 0. The molecule has 294 valence electrons. The van der Waals surface area contributed by atoms with Crippen LogP contribution in [0, 0.1) is 0 Å². The van der Waals surface area contributed by atoms with Crippen molar-refractivity contribution < 1.29 is 8.83 Å². The van der Waals surface area contributed by atoms with Gasteiger partial charge < -0.3 is 18.2 Å². The normalized spacial score (nSPS) is 14.6. The first-order valence-corrected chi connectivity index (χ1v) is 21.9. The van der Waals surface area contributed by atoms with Gasteiger partial charge in [-0.1, -0.05) is 156 Å². The highest BCUT2D eigenvalue weighted by atomic mass is 16.3. The van der Waals surface area contributed by atoms with Crippen LogP contribution in [0.25, 0.3) is 88.3 Å². The Hall–Kier alpha value is -7.24. The van der Waals surface area contributed by atoms with E-state index in [1.54, 1.807) is 0 Å². The molecular formula is C57H41BN2O2. The summed E-state index contributed by atoms with van der Waals surface area (Å²) < 4.78 is 16.4. The van der Waals surface area contributed by atoms with Gasteiger partial charge in [0.1, 0.15) is 16.7 Å². The van der Waals surface area contributed by atoms with E-state index in [9.17, 15) is 0 Å². The Balaban J connectivity index is 1.23. The third-order valence-corrected chi connectivity index (χ3v) is 14.5. The second kappa shape index (κ2) is 11.6. The summed E-state index contributed by atoms with van der Waals surface area (Å²) in [6, 6.07) is 58.4. The van der Waals surface area contributed by atoms with Crippen LogP contribution in [-0.2, 0) is 10.8 Å². The minimum Gasteiger partial charge on any atom is -0.456 e. The van der Waals surface area contributed by atoms with Crippen LogP contribution in [0.3, 0.4) is 0 Å². The molecule has 0 bridgehead atoms. The van der Waals surface area contributed by atoms with Crippen molar-refractivity contribution in [1.29, 1.82) is 0 Å². The van der Waals surface area contributed by atoms with Crippen molar-refractivity contribution >= 4 is 89.7 Å². The van der Waals surface area contributed by atoms with Crippen molar-refractivity contribution in [2.75, 3.05) is 4.90 Å². The molecule has 0 fully saturated rings. The molecule has 1 aliphatic carbocycles. The zero-order valence-corrected chi connectivity index (χ0v) is 35.3. The number of benzene rings is 8. The van der Waals surface area contributed by atoms with Crippen molar-refractivity contribution in [1.82, 2.24) is 4.48 Å². The van der Waals surface area contributed by atoms with Crippen LogP contribution in [0.5, 0.6) is 0 Å². The van der Waals surface area contributed by atoms with Gasteiger partial charge in [-0.3, -0.25) is 0 Å².